The summed E-state index contributed by atoms with van der Waals surface area (Å²) in [6.45, 7) is 7.84. The molecule has 0 aromatic heterocycles. The molecule has 1 N–H and O–H groups in total. The second kappa shape index (κ2) is 5.76. The maximum absolute atomic E-state index is 12.0. The van der Waals surface area contributed by atoms with Crippen molar-refractivity contribution in [1.29, 1.82) is 0 Å². The first-order valence-corrected chi connectivity index (χ1v) is 6.82. The Labute approximate surface area is 107 Å². The lowest BCUT2D eigenvalue weighted by Gasteiger charge is -2.27. The lowest BCUT2D eigenvalue weighted by molar-refractivity contribution is 0.405. The Kier molecular flexibility index (Phi) is 4.86. The van der Waals surface area contributed by atoms with Gasteiger partial charge in [-0.15, -0.1) is 4.72 Å². The van der Waals surface area contributed by atoms with Gasteiger partial charge in [0.1, 0.15) is 10.5 Å². The number of ether oxygens (including phenoxy) is 1. The first kappa shape index (κ1) is 14.4. The normalized spacial score (nSPS) is 15.4. The molecular weight excluding hydrogens is 234 g/mol. The topological polar surface area (TPSA) is 44.3 Å². The number of nitrogens with one attached hydrogen (secondary N) is 1. The van der Waals surface area contributed by atoms with E-state index in [4.69, 9.17) is 4.74 Å². The van der Waals surface area contributed by atoms with E-state index in [-0.39, 0.29) is 10.8 Å². The Bertz CT molecular complexity index is 363. The molecule has 0 aliphatic carbocycles. The predicted molar refractivity (Wildman–Crippen MR) is 72.4 cm³/mol. The fourth-order valence-electron chi connectivity index (χ4n) is 1.42. The number of methoxy groups -OCH3 is 1. The van der Waals surface area contributed by atoms with Crippen molar-refractivity contribution in [3.8, 4) is 5.75 Å². The van der Waals surface area contributed by atoms with Crippen LogP contribution in [-0.4, -0.2) is 16.4 Å². The van der Waals surface area contributed by atoms with Gasteiger partial charge in [-0.3, -0.25) is 0 Å². The van der Waals surface area contributed by atoms with Crippen molar-refractivity contribution in [2.24, 2.45) is 0 Å². The van der Waals surface area contributed by atoms with E-state index in [1.54, 1.807) is 7.11 Å². The molecule has 0 saturated heterocycles. The highest BCUT2D eigenvalue weighted by Crippen LogP contribution is 2.26. The summed E-state index contributed by atoms with van der Waals surface area (Å²) in [5.41, 5.74) is 1.02. The van der Waals surface area contributed by atoms with Gasteiger partial charge in [-0.25, -0.2) is 0 Å². The summed E-state index contributed by atoms with van der Waals surface area (Å²) in [4.78, 5) is 0. The predicted octanol–water partition coefficient (Wildman–Crippen LogP) is 2.81. The molecular formula is C13H21NO2S. The zero-order valence-corrected chi connectivity index (χ0v) is 11.9. The van der Waals surface area contributed by atoms with Gasteiger partial charge >= 0.3 is 0 Å². The zero-order chi connectivity index (χ0) is 13.1. The van der Waals surface area contributed by atoms with E-state index in [9.17, 15) is 4.55 Å². The van der Waals surface area contributed by atoms with Gasteiger partial charge in [0.25, 0.3) is 0 Å². The Morgan fingerprint density at radius 3 is 2.41 bits per heavy atom. The summed E-state index contributed by atoms with van der Waals surface area (Å²) < 4.78 is 20.1. The first-order chi connectivity index (χ1) is 7.86. The molecule has 0 spiro atoms. The fourth-order valence-corrected chi connectivity index (χ4v) is 2.23. The molecule has 0 aliphatic heterocycles. The van der Waals surface area contributed by atoms with Gasteiger partial charge in [0.05, 0.1) is 13.2 Å². The Morgan fingerprint density at radius 1 is 1.29 bits per heavy atom. The molecule has 1 aromatic rings. The van der Waals surface area contributed by atoms with Crippen LogP contribution < -0.4 is 9.46 Å². The molecule has 17 heavy (non-hydrogen) atoms. The third kappa shape index (κ3) is 3.91. The van der Waals surface area contributed by atoms with Crippen LogP contribution >= 0.6 is 0 Å². The van der Waals surface area contributed by atoms with Crippen molar-refractivity contribution in [1.82, 2.24) is 4.72 Å². The van der Waals surface area contributed by atoms with Crippen molar-refractivity contribution in [2.45, 2.75) is 38.5 Å². The largest absolute Gasteiger partial charge is 0.598 e. The fraction of sp³-hybridized carbons (Fsp3) is 0.538. The Balaban J connectivity index is 2.79. The molecule has 1 rings (SSSR count). The van der Waals surface area contributed by atoms with E-state index in [0.717, 1.165) is 11.3 Å². The molecule has 0 amide bonds. The molecule has 0 unspecified atom stereocenters. The standard InChI is InChI=1S/C13H21NO2S/c1-10(14-17(15)13(2,3)4)11-8-6-7-9-12(11)16-5/h6-10,14H,1-5H3/t10-,17+/m0/s1. The molecule has 2 atom stereocenters. The van der Waals surface area contributed by atoms with Gasteiger partial charge < -0.3 is 9.29 Å². The third-order valence-corrected chi connectivity index (χ3v) is 4.13. The van der Waals surface area contributed by atoms with Crippen LogP contribution in [0.5, 0.6) is 5.75 Å². The molecule has 3 nitrogen and oxygen atoms in total. The van der Waals surface area contributed by atoms with Crippen LogP contribution in [0.4, 0.5) is 0 Å². The summed E-state index contributed by atoms with van der Waals surface area (Å²) >= 11 is -1.08. The molecule has 0 radical (unpaired) electrons. The van der Waals surface area contributed by atoms with Crippen LogP contribution in [0, 0.1) is 0 Å². The average Bonchev–Trinajstić information content (AvgIpc) is 2.27. The number of para-hydroxylation sites is 1. The summed E-state index contributed by atoms with van der Waals surface area (Å²) in [6.07, 6.45) is 0. The number of hydrogen-bond donors (Lipinski definition) is 1. The van der Waals surface area contributed by atoms with Crippen molar-refractivity contribution < 1.29 is 9.29 Å². The molecule has 4 heteroatoms. The van der Waals surface area contributed by atoms with Crippen LogP contribution in [-0.2, 0) is 11.4 Å². The Morgan fingerprint density at radius 2 is 1.88 bits per heavy atom. The maximum atomic E-state index is 12.0. The molecule has 0 bridgehead atoms. The molecule has 96 valence electrons. The number of rotatable bonds is 4. The smallest absolute Gasteiger partial charge is 0.136 e. The van der Waals surface area contributed by atoms with E-state index in [1.165, 1.54) is 0 Å². The number of hydrogen-bond acceptors (Lipinski definition) is 3. The number of benzene rings is 1. The van der Waals surface area contributed by atoms with E-state index < -0.39 is 11.4 Å². The minimum Gasteiger partial charge on any atom is -0.598 e. The molecule has 0 saturated carbocycles. The molecule has 0 heterocycles. The van der Waals surface area contributed by atoms with Gasteiger partial charge in [0.15, 0.2) is 0 Å². The van der Waals surface area contributed by atoms with Gasteiger partial charge in [0.2, 0.25) is 0 Å². The van der Waals surface area contributed by atoms with Crippen molar-refractivity contribution in [3.63, 3.8) is 0 Å². The maximum Gasteiger partial charge on any atom is 0.136 e. The van der Waals surface area contributed by atoms with Gasteiger partial charge in [-0.05, 0) is 33.8 Å². The van der Waals surface area contributed by atoms with Crippen LogP contribution in [0.1, 0.15) is 39.3 Å². The van der Waals surface area contributed by atoms with Crippen molar-refractivity contribution in [2.75, 3.05) is 7.11 Å². The van der Waals surface area contributed by atoms with Gasteiger partial charge in [0, 0.05) is 16.9 Å². The van der Waals surface area contributed by atoms with Crippen molar-refractivity contribution in [3.05, 3.63) is 29.8 Å². The van der Waals surface area contributed by atoms with E-state index in [0.29, 0.717) is 0 Å². The highest BCUT2D eigenvalue weighted by molar-refractivity contribution is 7.90. The summed E-state index contributed by atoms with van der Waals surface area (Å²) in [7, 11) is 1.65. The lowest BCUT2D eigenvalue weighted by atomic mass is 10.1. The average molecular weight is 255 g/mol. The van der Waals surface area contributed by atoms with Crippen LogP contribution in [0.3, 0.4) is 0 Å². The molecule has 1 aromatic carbocycles. The highest BCUT2D eigenvalue weighted by Gasteiger charge is 2.28. The first-order valence-electron chi connectivity index (χ1n) is 5.67. The van der Waals surface area contributed by atoms with E-state index in [2.05, 4.69) is 4.72 Å². The summed E-state index contributed by atoms with van der Waals surface area (Å²) in [5.74, 6) is 0.818. The van der Waals surface area contributed by atoms with Gasteiger partial charge in [-0.2, -0.15) is 0 Å². The minimum atomic E-state index is -1.08. The summed E-state index contributed by atoms with van der Waals surface area (Å²) in [6, 6.07) is 7.77. The SMILES string of the molecule is COc1ccccc1[C@H](C)N[S@+]([O-])C(C)(C)C. The quantitative estimate of drug-likeness (QED) is 0.841. The van der Waals surface area contributed by atoms with Crippen LogP contribution in [0.2, 0.25) is 0 Å². The highest BCUT2D eigenvalue weighted by atomic mass is 32.2. The lowest BCUT2D eigenvalue weighted by Crippen LogP contribution is -2.40. The third-order valence-electron chi connectivity index (χ3n) is 2.45. The summed E-state index contributed by atoms with van der Waals surface area (Å²) in [5, 5.41) is 0. The Hall–Kier alpha value is -0.710. The zero-order valence-electron chi connectivity index (χ0n) is 11.1. The second-order valence-corrected chi connectivity index (χ2v) is 6.96. The molecule has 0 aliphatic rings. The monoisotopic (exact) mass is 255 g/mol. The van der Waals surface area contributed by atoms with E-state index >= 15 is 0 Å². The van der Waals surface area contributed by atoms with E-state index in [1.807, 2.05) is 52.0 Å². The van der Waals surface area contributed by atoms with Gasteiger partial charge in [-0.1, -0.05) is 18.2 Å². The minimum absolute atomic E-state index is 0.00814. The molecule has 0 fully saturated rings. The van der Waals surface area contributed by atoms with Crippen LogP contribution in [0.25, 0.3) is 0 Å². The van der Waals surface area contributed by atoms with Crippen LogP contribution in [0.15, 0.2) is 24.3 Å². The second-order valence-electron chi connectivity index (χ2n) is 4.96. The van der Waals surface area contributed by atoms with Crippen molar-refractivity contribution >= 4 is 11.4 Å².